The first kappa shape index (κ1) is 27.3. The summed E-state index contributed by atoms with van der Waals surface area (Å²) in [5, 5.41) is 15.6. The lowest BCUT2D eigenvalue weighted by Gasteiger charge is -2.26. The van der Waals surface area contributed by atoms with Crippen molar-refractivity contribution in [1.82, 2.24) is 14.8 Å². The van der Waals surface area contributed by atoms with E-state index in [-0.39, 0.29) is 11.8 Å². The van der Waals surface area contributed by atoms with Crippen LogP contribution in [0.1, 0.15) is 52.0 Å². The molecule has 2 N–H and O–H groups in total. The number of carbonyl (C=O) groups excluding carboxylic acids is 2. The maximum atomic E-state index is 12.3. The van der Waals surface area contributed by atoms with E-state index >= 15 is 0 Å². The zero-order valence-electron chi connectivity index (χ0n) is 20.3. The molecule has 0 spiro atoms. The minimum absolute atomic E-state index is 0.283. The molecule has 0 saturated carbocycles. The highest BCUT2D eigenvalue weighted by Gasteiger charge is 2.33. The lowest BCUT2D eigenvalue weighted by molar-refractivity contribution is -0.134. The second-order valence-corrected chi connectivity index (χ2v) is 8.40. The second-order valence-electron chi connectivity index (χ2n) is 8.40. The van der Waals surface area contributed by atoms with Crippen LogP contribution in [0.4, 0.5) is 0 Å². The third kappa shape index (κ3) is 8.39. The summed E-state index contributed by atoms with van der Waals surface area (Å²) in [6.45, 7) is 3.67. The molecular formula is C27H29N3O7. The predicted octanol–water partition coefficient (Wildman–Crippen LogP) is 3.36. The smallest absolute Gasteiger partial charge is 0.328 e. The molecule has 0 atom stereocenters. The van der Waals surface area contributed by atoms with Crippen molar-refractivity contribution in [3.05, 3.63) is 83.7 Å². The van der Waals surface area contributed by atoms with Gasteiger partial charge in [-0.15, -0.1) is 0 Å². The molecule has 2 aromatic rings. The minimum atomic E-state index is -1.26. The molecule has 37 heavy (non-hydrogen) atoms. The molecule has 2 aliphatic heterocycles. The third-order valence-electron chi connectivity index (χ3n) is 5.64. The van der Waals surface area contributed by atoms with Crippen molar-refractivity contribution in [2.24, 2.45) is 0 Å². The van der Waals surface area contributed by atoms with Crippen molar-refractivity contribution in [3.8, 4) is 5.88 Å². The number of likely N-dealkylation sites (tertiary alicyclic amines) is 1. The van der Waals surface area contributed by atoms with E-state index < -0.39 is 11.9 Å². The quantitative estimate of drug-likeness (QED) is 0.297. The maximum absolute atomic E-state index is 12.3. The van der Waals surface area contributed by atoms with E-state index in [4.69, 9.17) is 14.9 Å². The van der Waals surface area contributed by atoms with Crippen LogP contribution < -0.4 is 4.74 Å². The zero-order chi connectivity index (χ0) is 26.6. The number of rotatable bonds is 9. The monoisotopic (exact) mass is 507 g/mol. The fourth-order valence-electron chi connectivity index (χ4n) is 3.90. The van der Waals surface area contributed by atoms with Gasteiger partial charge in [0.2, 0.25) is 5.88 Å². The lowest BCUT2D eigenvalue weighted by Crippen LogP contribution is -2.29. The molecule has 2 aliphatic rings. The first-order valence-corrected chi connectivity index (χ1v) is 11.9. The number of ether oxygens (including phenoxy) is 1. The van der Waals surface area contributed by atoms with Gasteiger partial charge in [-0.25, -0.2) is 19.5 Å². The normalized spacial score (nSPS) is 15.5. The van der Waals surface area contributed by atoms with Gasteiger partial charge in [0.1, 0.15) is 0 Å². The molecular weight excluding hydrogens is 478 g/mol. The highest BCUT2D eigenvalue weighted by atomic mass is 16.5. The number of nitrogens with zero attached hydrogens (tertiary/aromatic N) is 3. The third-order valence-corrected chi connectivity index (χ3v) is 5.64. The van der Waals surface area contributed by atoms with Crippen molar-refractivity contribution in [2.75, 3.05) is 19.7 Å². The Morgan fingerprint density at radius 3 is 2.16 bits per heavy atom. The van der Waals surface area contributed by atoms with Gasteiger partial charge >= 0.3 is 11.9 Å². The minimum Gasteiger partial charge on any atom is -0.478 e. The first-order chi connectivity index (χ1) is 17.8. The fraction of sp³-hybridized carbons (Fsp3) is 0.296. The van der Waals surface area contributed by atoms with E-state index in [1.807, 2.05) is 12.1 Å². The molecule has 0 unspecified atom stereocenters. The highest BCUT2D eigenvalue weighted by Crippen LogP contribution is 2.22. The van der Waals surface area contributed by atoms with Crippen LogP contribution in [0.3, 0.4) is 0 Å². The molecule has 1 fully saturated rings. The molecule has 1 aromatic carbocycles. The van der Waals surface area contributed by atoms with Crippen molar-refractivity contribution in [3.63, 3.8) is 0 Å². The van der Waals surface area contributed by atoms with E-state index in [0.29, 0.717) is 42.2 Å². The predicted molar refractivity (Wildman–Crippen MR) is 134 cm³/mol. The second kappa shape index (κ2) is 13.7. The molecule has 4 rings (SSSR count). The summed E-state index contributed by atoms with van der Waals surface area (Å²) in [6.07, 6.45) is 10.7. The van der Waals surface area contributed by atoms with E-state index in [1.54, 1.807) is 36.5 Å². The van der Waals surface area contributed by atoms with Crippen LogP contribution in [0.15, 0.2) is 67.0 Å². The number of carbonyl (C=O) groups is 4. The van der Waals surface area contributed by atoms with Gasteiger partial charge in [-0.1, -0.05) is 24.6 Å². The van der Waals surface area contributed by atoms with E-state index in [1.165, 1.54) is 31.0 Å². The number of hydrogen-bond donors (Lipinski definition) is 2. The summed E-state index contributed by atoms with van der Waals surface area (Å²) in [7, 11) is 0. The van der Waals surface area contributed by atoms with Crippen LogP contribution in [0, 0.1) is 0 Å². The Labute approximate surface area is 214 Å². The number of hydrogen-bond acceptors (Lipinski definition) is 7. The summed E-state index contributed by atoms with van der Waals surface area (Å²) in [6, 6.07) is 10.9. The molecule has 0 radical (unpaired) electrons. The Morgan fingerprint density at radius 1 is 0.946 bits per heavy atom. The van der Waals surface area contributed by atoms with Gasteiger partial charge in [-0.3, -0.25) is 14.5 Å². The summed E-state index contributed by atoms with van der Waals surface area (Å²) in [4.78, 5) is 51.6. The van der Waals surface area contributed by atoms with Gasteiger partial charge in [0.05, 0.1) is 17.7 Å². The Kier molecular flexibility index (Phi) is 10.1. The number of fused-ring (bicyclic) bond motifs is 1. The van der Waals surface area contributed by atoms with Crippen LogP contribution in [0.2, 0.25) is 0 Å². The van der Waals surface area contributed by atoms with Crippen LogP contribution in [-0.4, -0.2) is 68.4 Å². The van der Waals surface area contributed by atoms with Gasteiger partial charge in [0, 0.05) is 43.6 Å². The van der Waals surface area contributed by atoms with Crippen molar-refractivity contribution < 1.29 is 34.1 Å². The summed E-state index contributed by atoms with van der Waals surface area (Å²) in [5.41, 5.74) is 2.11. The Balaban J connectivity index is 0.000000414. The summed E-state index contributed by atoms with van der Waals surface area (Å²) >= 11 is 0. The number of aliphatic carboxylic acids is 2. The molecule has 10 nitrogen and oxygen atoms in total. The molecule has 3 heterocycles. The standard InChI is InChI=1S/C23H25N3O3.C4H4O4/c27-22-19-8-2-3-9-20(19)23(28)26(22)14-6-7-15-29-21-16-18(10-11-24-21)17-25-12-4-1-5-13-25;5-3(6)1-2-4(7)8/h2-3,6,8-11,14,16H,1,4-5,7,12-13,15,17H2;1-2H,(H,5,6)(H,7,8)/b14-6-;2-1-. The number of pyridine rings is 1. The van der Waals surface area contributed by atoms with E-state index in [0.717, 1.165) is 24.5 Å². The van der Waals surface area contributed by atoms with Gasteiger partial charge < -0.3 is 14.9 Å². The van der Waals surface area contributed by atoms with Crippen LogP contribution >= 0.6 is 0 Å². The first-order valence-electron chi connectivity index (χ1n) is 11.9. The van der Waals surface area contributed by atoms with Crippen LogP contribution in [0.5, 0.6) is 5.88 Å². The fourth-order valence-corrected chi connectivity index (χ4v) is 3.90. The molecule has 1 saturated heterocycles. The summed E-state index contributed by atoms with van der Waals surface area (Å²) < 4.78 is 5.75. The topological polar surface area (TPSA) is 137 Å². The number of carboxylic acids is 2. The molecule has 2 amide bonds. The van der Waals surface area contributed by atoms with Crippen LogP contribution in [-0.2, 0) is 16.1 Å². The van der Waals surface area contributed by atoms with Gasteiger partial charge in [-0.2, -0.15) is 0 Å². The number of benzene rings is 1. The number of imide groups is 1. The van der Waals surface area contributed by atoms with Gasteiger partial charge in [0.25, 0.3) is 11.8 Å². The number of amides is 2. The Bertz CT molecular complexity index is 1140. The average molecular weight is 508 g/mol. The molecule has 1 aromatic heterocycles. The van der Waals surface area contributed by atoms with Crippen LogP contribution in [0.25, 0.3) is 0 Å². The van der Waals surface area contributed by atoms with Crippen molar-refractivity contribution >= 4 is 23.8 Å². The number of carboxylic acid groups (broad SMARTS) is 2. The summed E-state index contributed by atoms with van der Waals surface area (Å²) in [5.74, 6) is -2.47. The number of aromatic nitrogens is 1. The molecule has 0 bridgehead atoms. The SMILES string of the molecule is O=C(O)/C=C\C(=O)O.O=C1c2ccccc2C(=O)N1/C=C\CCOc1cc(CN2CCCCC2)ccn1. The largest absolute Gasteiger partial charge is 0.478 e. The number of piperidine rings is 1. The van der Waals surface area contributed by atoms with Gasteiger partial charge in [-0.05, 0) is 49.7 Å². The van der Waals surface area contributed by atoms with Crippen molar-refractivity contribution in [2.45, 2.75) is 32.2 Å². The lowest BCUT2D eigenvalue weighted by atomic mass is 10.1. The Morgan fingerprint density at radius 2 is 1.57 bits per heavy atom. The molecule has 194 valence electrons. The average Bonchev–Trinajstić information content (AvgIpc) is 3.13. The van der Waals surface area contributed by atoms with E-state index in [9.17, 15) is 19.2 Å². The van der Waals surface area contributed by atoms with Crippen molar-refractivity contribution in [1.29, 1.82) is 0 Å². The highest BCUT2D eigenvalue weighted by molar-refractivity contribution is 6.22. The van der Waals surface area contributed by atoms with E-state index in [2.05, 4.69) is 9.88 Å². The molecule has 0 aliphatic carbocycles. The van der Waals surface area contributed by atoms with Gasteiger partial charge in [0.15, 0.2) is 0 Å². The maximum Gasteiger partial charge on any atom is 0.328 e. The zero-order valence-corrected chi connectivity index (χ0v) is 20.3. The Hall–Kier alpha value is -4.31. The molecule has 10 heteroatoms.